The van der Waals surface area contributed by atoms with Crippen LogP contribution in [0.2, 0.25) is 0 Å². The highest BCUT2D eigenvalue weighted by Gasteiger charge is 2.27. The van der Waals surface area contributed by atoms with E-state index in [-0.39, 0.29) is 23.6 Å². The molecule has 1 saturated carbocycles. The second kappa shape index (κ2) is 10.6. The van der Waals surface area contributed by atoms with Gasteiger partial charge in [-0.3, -0.25) is 4.79 Å². The smallest absolute Gasteiger partial charge is 0.306 e. The number of carbonyl (C=O) groups excluding carboxylic acids is 1. The van der Waals surface area contributed by atoms with E-state index in [1.54, 1.807) is 6.07 Å². The zero-order chi connectivity index (χ0) is 21.5. The lowest BCUT2D eigenvalue weighted by molar-refractivity contribution is -0.143. The molecule has 2 unspecified atom stereocenters. The molecule has 0 aliphatic heterocycles. The van der Waals surface area contributed by atoms with Crippen LogP contribution >= 0.6 is 0 Å². The number of hydrogen-bond acceptors (Lipinski definition) is 4. The number of esters is 1. The maximum atomic E-state index is 13.7. The van der Waals surface area contributed by atoms with E-state index in [0.29, 0.717) is 31.4 Å². The first kappa shape index (κ1) is 22.3. The molecule has 162 valence electrons. The van der Waals surface area contributed by atoms with Gasteiger partial charge in [0.15, 0.2) is 11.6 Å². The summed E-state index contributed by atoms with van der Waals surface area (Å²) in [7, 11) is 1.49. The molecule has 0 saturated heterocycles. The van der Waals surface area contributed by atoms with Crippen LogP contribution in [0.15, 0.2) is 42.5 Å². The van der Waals surface area contributed by atoms with Crippen LogP contribution < -0.4 is 10.1 Å². The number of nitrogens with one attached hydrogen (secondary N) is 1. The molecule has 30 heavy (non-hydrogen) atoms. The van der Waals surface area contributed by atoms with Crippen molar-refractivity contribution in [1.82, 2.24) is 5.32 Å². The zero-order valence-corrected chi connectivity index (χ0v) is 18.1. The van der Waals surface area contributed by atoms with Crippen LogP contribution in [0.25, 0.3) is 0 Å². The van der Waals surface area contributed by atoms with Gasteiger partial charge < -0.3 is 14.8 Å². The van der Waals surface area contributed by atoms with Crippen molar-refractivity contribution in [3.05, 3.63) is 65.0 Å². The maximum Gasteiger partial charge on any atom is 0.306 e. The van der Waals surface area contributed by atoms with Gasteiger partial charge in [-0.25, -0.2) is 4.39 Å². The Bertz CT molecular complexity index is 837. The van der Waals surface area contributed by atoms with Gasteiger partial charge in [0, 0.05) is 18.5 Å². The molecule has 1 N–H and O–H groups in total. The van der Waals surface area contributed by atoms with E-state index in [1.165, 1.54) is 24.3 Å². The summed E-state index contributed by atoms with van der Waals surface area (Å²) >= 11 is 0. The van der Waals surface area contributed by atoms with Gasteiger partial charge in [-0.05, 0) is 74.3 Å². The minimum atomic E-state index is -0.333. The summed E-state index contributed by atoms with van der Waals surface area (Å²) in [6.45, 7) is 4.37. The van der Waals surface area contributed by atoms with Crippen LogP contribution in [0.5, 0.6) is 5.75 Å². The van der Waals surface area contributed by atoms with E-state index in [0.717, 1.165) is 24.8 Å². The van der Waals surface area contributed by atoms with Gasteiger partial charge >= 0.3 is 5.97 Å². The van der Waals surface area contributed by atoms with Gasteiger partial charge in [-0.1, -0.05) is 30.3 Å². The number of aryl methyl sites for hydroxylation is 1. The predicted molar refractivity (Wildman–Crippen MR) is 116 cm³/mol. The van der Waals surface area contributed by atoms with E-state index >= 15 is 0 Å². The highest BCUT2D eigenvalue weighted by molar-refractivity contribution is 5.69. The second-order valence-electron chi connectivity index (χ2n) is 8.04. The predicted octanol–water partition coefficient (Wildman–Crippen LogP) is 5.32. The average Bonchev–Trinajstić information content (AvgIpc) is 3.21. The number of methoxy groups -OCH3 is 1. The molecule has 0 spiro atoms. The third-order valence-corrected chi connectivity index (χ3v) is 5.97. The monoisotopic (exact) mass is 413 g/mol. The summed E-state index contributed by atoms with van der Waals surface area (Å²) in [6, 6.07) is 14.3. The minimum Gasteiger partial charge on any atom is -0.494 e. The standard InChI is InChI=1S/C25H32FNO3/c1-4-30-25(28)14-7-18-5-8-19(9-6-18)21-10-12-22(15-21)27-17(2)20-11-13-23(26)24(16-20)29-3/h5-6,8-9,11,13,16-17,21-22,27H,4,7,10,12,14-15H2,1-3H3/t17?,21-,22?/m0/s1. The zero-order valence-electron chi connectivity index (χ0n) is 18.1. The lowest BCUT2D eigenvalue weighted by Gasteiger charge is -2.21. The van der Waals surface area contributed by atoms with E-state index in [9.17, 15) is 9.18 Å². The molecule has 0 bridgehead atoms. The van der Waals surface area contributed by atoms with Crippen molar-refractivity contribution in [2.45, 2.75) is 64.0 Å². The fourth-order valence-corrected chi connectivity index (χ4v) is 4.27. The molecule has 4 nitrogen and oxygen atoms in total. The van der Waals surface area contributed by atoms with Crippen LogP contribution in [-0.2, 0) is 16.0 Å². The third kappa shape index (κ3) is 5.82. The fourth-order valence-electron chi connectivity index (χ4n) is 4.27. The number of ether oxygens (including phenoxy) is 2. The minimum absolute atomic E-state index is 0.133. The normalized spacial score (nSPS) is 19.5. The Balaban J connectivity index is 1.52. The van der Waals surface area contributed by atoms with E-state index in [4.69, 9.17) is 9.47 Å². The van der Waals surface area contributed by atoms with Gasteiger partial charge in [-0.2, -0.15) is 0 Å². The SMILES string of the molecule is CCOC(=O)CCc1ccc([C@H]2CCC(NC(C)c3ccc(F)c(OC)c3)C2)cc1. The van der Waals surface area contributed by atoms with Crippen molar-refractivity contribution in [3.63, 3.8) is 0 Å². The fraction of sp³-hybridized carbons (Fsp3) is 0.480. The number of benzene rings is 2. The third-order valence-electron chi connectivity index (χ3n) is 5.97. The lowest BCUT2D eigenvalue weighted by atomic mass is 9.95. The van der Waals surface area contributed by atoms with Gasteiger partial charge in [0.25, 0.3) is 0 Å². The molecule has 0 heterocycles. The van der Waals surface area contributed by atoms with Crippen LogP contribution in [0.3, 0.4) is 0 Å². The number of carbonyl (C=O) groups is 1. The molecule has 0 radical (unpaired) electrons. The Morgan fingerprint density at radius 2 is 1.97 bits per heavy atom. The van der Waals surface area contributed by atoms with Gasteiger partial charge in [0.05, 0.1) is 13.7 Å². The number of hydrogen-bond donors (Lipinski definition) is 1. The summed E-state index contributed by atoms with van der Waals surface area (Å²) in [5.74, 6) is 0.351. The van der Waals surface area contributed by atoms with Crippen LogP contribution in [0.4, 0.5) is 4.39 Å². The van der Waals surface area contributed by atoms with Crippen molar-refractivity contribution >= 4 is 5.97 Å². The highest BCUT2D eigenvalue weighted by atomic mass is 19.1. The molecule has 1 fully saturated rings. The number of halogens is 1. The maximum absolute atomic E-state index is 13.7. The van der Waals surface area contributed by atoms with Crippen molar-refractivity contribution in [1.29, 1.82) is 0 Å². The van der Waals surface area contributed by atoms with E-state index < -0.39 is 0 Å². The van der Waals surface area contributed by atoms with Crippen molar-refractivity contribution in [2.75, 3.05) is 13.7 Å². The Hall–Kier alpha value is -2.40. The van der Waals surface area contributed by atoms with Crippen LogP contribution in [-0.4, -0.2) is 25.7 Å². The summed E-state index contributed by atoms with van der Waals surface area (Å²) in [5, 5.41) is 3.69. The molecule has 1 aliphatic carbocycles. The first-order valence-electron chi connectivity index (χ1n) is 10.8. The molecule has 5 heteroatoms. The molecule has 1 aliphatic rings. The lowest BCUT2D eigenvalue weighted by Crippen LogP contribution is -2.29. The Morgan fingerprint density at radius 1 is 1.20 bits per heavy atom. The summed E-state index contributed by atoms with van der Waals surface area (Å²) in [5.41, 5.74) is 3.55. The van der Waals surface area contributed by atoms with E-state index in [1.807, 2.05) is 13.0 Å². The van der Waals surface area contributed by atoms with Gasteiger partial charge in [-0.15, -0.1) is 0 Å². The van der Waals surface area contributed by atoms with Crippen molar-refractivity contribution in [2.24, 2.45) is 0 Å². The Morgan fingerprint density at radius 3 is 2.67 bits per heavy atom. The molecule has 0 aromatic heterocycles. The summed E-state index contributed by atoms with van der Waals surface area (Å²) in [6.07, 6.45) is 4.50. The quantitative estimate of drug-likeness (QED) is 0.566. The summed E-state index contributed by atoms with van der Waals surface area (Å²) in [4.78, 5) is 11.5. The molecule has 0 amide bonds. The first-order chi connectivity index (χ1) is 14.5. The highest BCUT2D eigenvalue weighted by Crippen LogP contribution is 2.36. The number of rotatable bonds is 9. The Kier molecular flexibility index (Phi) is 7.86. The van der Waals surface area contributed by atoms with E-state index in [2.05, 4.69) is 36.5 Å². The van der Waals surface area contributed by atoms with Gasteiger partial charge in [0.2, 0.25) is 0 Å². The van der Waals surface area contributed by atoms with Crippen molar-refractivity contribution < 1.29 is 18.7 Å². The molecule has 3 atom stereocenters. The molecule has 2 aromatic rings. The van der Waals surface area contributed by atoms with Crippen molar-refractivity contribution in [3.8, 4) is 5.75 Å². The second-order valence-corrected chi connectivity index (χ2v) is 8.04. The van der Waals surface area contributed by atoms with Crippen LogP contribution in [0.1, 0.15) is 68.2 Å². The summed E-state index contributed by atoms with van der Waals surface area (Å²) < 4.78 is 23.8. The molecular weight excluding hydrogens is 381 g/mol. The molecule has 3 rings (SSSR count). The average molecular weight is 414 g/mol. The van der Waals surface area contributed by atoms with Crippen LogP contribution in [0, 0.1) is 5.82 Å². The first-order valence-corrected chi connectivity index (χ1v) is 10.8. The largest absolute Gasteiger partial charge is 0.494 e. The Labute approximate surface area is 178 Å². The van der Waals surface area contributed by atoms with Gasteiger partial charge in [0.1, 0.15) is 0 Å². The molecule has 2 aromatic carbocycles. The molecular formula is C25H32FNO3. The topological polar surface area (TPSA) is 47.6 Å².